The van der Waals surface area contributed by atoms with Crippen molar-refractivity contribution in [2.24, 2.45) is 10.9 Å². The van der Waals surface area contributed by atoms with E-state index in [4.69, 9.17) is 4.74 Å². The molecule has 1 aliphatic heterocycles. The van der Waals surface area contributed by atoms with Crippen molar-refractivity contribution >= 4 is 17.7 Å². The van der Waals surface area contributed by atoms with Crippen LogP contribution in [0.4, 0.5) is 4.39 Å². The van der Waals surface area contributed by atoms with Gasteiger partial charge < -0.3 is 15.0 Å². The number of nitrogens with one attached hydrogen (secondary N) is 1. The quantitative estimate of drug-likeness (QED) is 0.513. The summed E-state index contributed by atoms with van der Waals surface area (Å²) in [6, 6.07) is 4.91. The zero-order valence-corrected chi connectivity index (χ0v) is 14.3. The highest BCUT2D eigenvalue weighted by atomic mass is 32.2. The van der Waals surface area contributed by atoms with Gasteiger partial charge in [-0.2, -0.15) is 0 Å². The first-order valence-corrected chi connectivity index (χ1v) is 8.67. The van der Waals surface area contributed by atoms with Crippen molar-refractivity contribution in [3.63, 3.8) is 0 Å². The summed E-state index contributed by atoms with van der Waals surface area (Å²) in [5.74, 6) is 1.22. The second-order valence-corrected chi connectivity index (χ2v) is 6.26. The summed E-state index contributed by atoms with van der Waals surface area (Å²) in [7, 11) is 3.52. The highest BCUT2D eigenvalue weighted by Crippen LogP contribution is 2.21. The van der Waals surface area contributed by atoms with Crippen LogP contribution < -0.4 is 5.32 Å². The molecule has 1 N–H and O–H groups in total. The lowest BCUT2D eigenvalue weighted by Gasteiger charge is -2.22. The molecular weight excluding hydrogens is 301 g/mol. The molecular formula is C16H24FN3OS. The maximum atomic E-state index is 13.4. The molecule has 0 radical (unpaired) electrons. The minimum atomic E-state index is -0.203. The molecule has 6 heteroatoms. The molecule has 0 amide bonds. The molecule has 0 bridgehead atoms. The molecule has 0 aliphatic carbocycles. The fraction of sp³-hybridized carbons (Fsp3) is 0.562. The fourth-order valence-corrected chi connectivity index (χ4v) is 3.39. The number of benzene rings is 1. The maximum Gasteiger partial charge on any atom is 0.193 e. The van der Waals surface area contributed by atoms with Crippen molar-refractivity contribution in [2.75, 3.05) is 40.1 Å². The van der Waals surface area contributed by atoms with Gasteiger partial charge in [0.2, 0.25) is 0 Å². The van der Waals surface area contributed by atoms with Crippen LogP contribution in [0.3, 0.4) is 0 Å². The zero-order chi connectivity index (χ0) is 15.9. The number of methoxy groups -OCH3 is 1. The first kappa shape index (κ1) is 17.1. The number of ether oxygens (including phenoxy) is 1. The van der Waals surface area contributed by atoms with Gasteiger partial charge in [0.1, 0.15) is 5.82 Å². The summed E-state index contributed by atoms with van der Waals surface area (Å²) in [5.41, 5.74) is 0.960. The molecule has 1 unspecified atom stereocenters. The molecule has 2 rings (SSSR count). The Morgan fingerprint density at radius 3 is 3.05 bits per heavy atom. The Kier molecular flexibility index (Phi) is 6.51. The van der Waals surface area contributed by atoms with E-state index in [0.717, 1.165) is 42.5 Å². The van der Waals surface area contributed by atoms with Crippen molar-refractivity contribution in [1.29, 1.82) is 0 Å². The highest BCUT2D eigenvalue weighted by molar-refractivity contribution is 7.98. The van der Waals surface area contributed by atoms with E-state index in [9.17, 15) is 4.39 Å². The second kappa shape index (κ2) is 8.39. The summed E-state index contributed by atoms with van der Waals surface area (Å²) >= 11 is 1.63. The van der Waals surface area contributed by atoms with E-state index < -0.39 is 0 Å². The van der Waals surface area contributed by atoms with Gasteiger partial charge in [0.05, 0.1) is 6.61 Å². The first-order chi connectivity index (χ1) is 10.7. The van der Waals surface area contributed by atoms with Crippen LogP contribution in [-0.4, -0.2) is 51.0 Å². The Bertz CT molecular complexity index is 524. The Morgan fingerprint density at radius 1 is 1.55 bits per heavy atom. The van der Waals surface area contributed by atoms with E-state index in [1.54, 1.807) is 32.0 Å². The highest BCUT2D eigenvalue weighted by Gasteiger charge is 2.24. The van der Waals surface area contributed by atoms with Gasteiger partial charge in [0, 0.05) is 44.6 Å². The van der Waals surface area contributed by atoms with Gasteiger partial charge in [0.25, 0.3) is 0 Å². The molecule has 0 spiro atoms. The van der Waals surface area contributed by atoms with E-state index in [2.05, 4.69) is 15.2 Å². The number of aliphatic imine (C=N–C) groups is 1. The Labute approximate surface area is 136 Å². The van der Waals surface area contributed by atoms with Crippen LogP contribution in [0.5, 0.6) is 0 Å². The lowest BCUT2D eigenvalue weighted by molar-refractivity contribution is 0.157. The van der Waals surface area contributed by atoms with E-state index in [-0.39, 0.29) is 5.82 Å². The van der Waals surface area contributed by atoms with Crippen LogP contribution >= 0.6 is 11.8 Å². The van der Waals surface area contributed by atoms with Crippen LogP contribution in [-0.2, 0) is 11.3 Å². The monoisotopic (exact) mass is 325 g/mol. The molecule has 4 nitrogen and oxygen atoms in total. The maximum absolute atomic E-state index is 13.4. The minimum Gasteiger partial charge on any atom is -0.384 e. The summed E-state index contributed by atoms with van der Waals surface area (Å²) < 4.78 is 18.7. The smallest absolute Gasteiger partial charge is 0.193 e. The van der Waals surface area contributed by atoms with E-state index in [0.29, 0.717) is 12.5 Å². The Balaban J connectivity index is 1.96. The van der Waals surface area contributed by atoms with Gasteiger partial charge in [-0.05, 0) is 36.4 Å². The first-order valence-electron chi connectivity index (χ1n) is 7.45. The molecule has 122 valence electrons. The van der Waals surface area contributed by atoms with Crippen LogP contribution in [0.2, 0.25) is 0 Å². The molecule has 1 aromatic carbocycles. The average molecular weight is 325 g/mol. The number of nitrogens with zero attached hydrogens (tertiary/aromatic N) is 2. The van der Waals surface area contributed by atoms with Crippen LogP contribution in [0.15, 0.2) is 28.1 Å². The summed E-state index contributed by atoms with van der Waals surface area (Å²) in [5, 5.41) is 3.35. The molecule has 0 aromatic heterocycles. The number of thioether (sulfide) groups is 1. The summed E-state index contributed by atoms with van der Waals surface area (Å²) in [6.07, 6.45) is 3.12. The molecule has 1 saturated heterocycles. The van der Waals surface area contributed by atoms with Gasteiger partial charge in [-0.1, -0.05) is 0 Å². The molecule has 1 aliphatic rings. The van der Waals surface area contributed by atoms with Gasteiger partial charge >= 0.3 is 0 Å². The minimum absolute atomic E-state index is 0.203. The Hall–Kier alpha value is -1.27. The van der Waals surface area contributed by atoms with E-state index >= 15 is 0 Å². The molecule has 1 aromatic rings. The number of likely N-dealkylation sites (tertiary alicyclic amines) is 1. The van der Waals surface area contributed by atoms with Crippen molar-refractivity contribution in [1.82, 2.24) is 10.2 Å². The lowest BCUT2D eigenvalue weighted by atomic mass is 10.1. The average Bonchev–Trinajstić information content (AvgIpc) is 2.97. The number of hydrogen-bond donors (Lipinski definition) is 1. The molecule has 22 heavy (non-hydrogen) atoms. The van der Waals surface area contributed by atoms with Crippen molar-refractivity contribution in [3.05, 3.63) is 29.6 Å². The van der Waals surface area contributed by atoms with Gasteiger partial charge in [0.15, 0.2) is 5.96 Å². The fourth-order valence-electron chi connectivity index (χ4n) is 2.79. The SMILES string of the molecule is CN=C(NCc1cc(F)ccc1SC)N1CCC(COC)C1. The number of rotatable bonds is 5. The third kappa shape index (κ3) is 4.36. The molecule has 1 atom stereocenters. The second-order valence-electron chi connectivity index (χ2n) is 5.41. The normalized spacial score (nSPS) is 18.8. The Morgan fingerprint density at radius 2 is 2.36 bits per heavy atom. The van der Waals surface area contributed by atoms with Gasteiger partial charge in [-0.25, -0.2) is 4.39 Å². The number of guanidine groups is 1. The number of hydrogen-bond acceptors (Lipinski definition) is 3. The largest absolute Gasteiger partial charge is 0.384 e. The lowest BCUT2D eigenvalue weighted by Crippen LogP contribution is -2.40. The predicted molar refractivity (Wildman–Crippen MR) is 89.9 cm³/mol. The van der Waals surface area contributed by atoms with E-state index in [1.807, 2.05) is 12.3 Å². The number of halogens is 1. The van der Waals surface area contributed by atoms with Gasteiger partial charge in [-0.3, -0.25) is 4.99 Å². The standard InChI is InChI=1S/C16H24FN3OS/c1-18-16(20-7-6-12(10-20)11-21-2)19-9-13-8-14(17)4-5-15(13)22-3/h4-5,8,12H,6-7,9-11H2,1-3H3,(H,18,19). The third-order valence-electron chi connectivity index (χ3n) is 3.88. The van der Waals surface area contributed by atoms with E-state index in [1.165, 1.54) is 6.07 Å². The van der Waals surface area contributed by atoms with Crippen LogP contribution in [0.1, 0.15) is 12.0 Å². The molecule has 1 heterocycles. The molecule has 1 fully saturated rings. The molecule has 0 saturated carbocycles. The van der Waals surface area contributed by atoms with Gasteiger partial charge in [-0.15, -0.1) is 11.8 Å². The summed E-state index contributed by atoms with van der Waals surface area (Å²) in [6.45, 7) is 3.29. The van der Waals surface area contributed by atoms with Crippen molar-refractivity contribution in [3.8, 4) is 0 Å². The van der Waals surface area contributed by atoms with Crippen molar-refractivity contribution < 1.29 is 9.13 Å². The van der Waals surface area contributed by atoms with Crippen LogP contribution in [0.25, 0.3) is 0 Å². The zero-order valence-electron chi connectivity index (χ0n) is 13.4. The topological polar surface area (TPSA) is 36.9 Å². The van der Waals surface area contributed by atoms with Crippen molar-refractivity contribution in [2.45, 2.75) is 17.9 Å². The summed E-state index contributed by atoms with van der Waals surface area (Å²) in [4.78, 5) is 7.67. The van der Waals surface area contributed by atoms with Crippen LogP contribution in [0, 0.1) is 11.7 Å². The third-order valence-corrected chi connectivity index (χ3v) is 4.72. The predicted octanol–water partition coefficient (Wildman–Crippen LogP) is 2.59.